The van der Waals surface area contributed by atoms with Gasteiger partial charge in [0.25, 0.3) is 0 Å². The maximum atomic E-state index is 13.3. The van der Waals surface area contributed by atoms with E-state index in [2.05, 4.69) is 0 Å². The molecule has 0 N–H and O–H groups in total. The van der Waals surface area contributed by atoms with Gasteiger partial charge in [-0.05, 0) is 26.3 Å². The first-order valence-corrected chi connectivity index (χ1v) is 9.72. The van der Waals surface area contributed by atoms with Crippen LogP contribution >= 0.6 is 7.60 Å². The van der Waals surface area contributed by atoms with Crippen LogP contribution < -0.4 is 0 Å². The Kier molecular flexibility index (Phi) is 6.92. The third kappa shape index (κ3) is 4.64. The molecule has 0 aliphatic heterocycles. The first-order valence-electron chi connectivity index (χ1n) is 8.18. The molecule has 0 fully saturated rings. The maximum absolute atomic E-state index is 13.3. The summed E-state index contributed by atoms with van der Waals surface area (Å²) >= 11 is 0. The standard InChI is InChI=1S/C19H24NO3P/c1-4-22-24(21,23-5-2)19(18-14-10-7-11-15-18)20-16(3)17-12-8-6-9-13-17/h6-16H,4-5H2,1-3H3. The molecule has 0 amide bonds. The third-order valence-electron chi connectivity index (χ3n) is 3.49. The fraction of sp³-hybridized carbons (Fsp3) is 0.316. The predicted molar refractivity (Wildman–Crippen MR) is 98.7 cm³/mol. The van der Waals surface area contributed by atoms with Gasteiger partial charge < -0.3 is 9.05 Å². The number of hydrogen-bond acceptors (Lipinski definition) is 4. The average molecular weight is 345 g/mol. The van der Waals surface area contributed by atoms with Crippen molar-refractivity contribution in [2.45, 2.75) is 26.8 Å². The predicted octanol–water partition coefficient (Wildman–Crippen LogP) is 5.46. The molecule has 24 heavy (non-hydrogen) atoms. The summed E-state index contributed by atoms with van der Waals surface area (Å²) in [7, 11) is -3.48. The van der Waals surface area contributed by atoms with E-state index in [-0.39, 0.29) is 6.04 Å². The highest BCUT2D eigenvalue weighted by molar-refractivity contribution is 7.73. The fourth-order valence-electron chi connectivity index (χ4n) is 2.38. The van der Waals surface area contributed by atoms with Gasteiger partial charge in [-0.3, -0.25) is 9.56 Å². The molecule has 0 aliphatic rings. The Labute approximate surface area is 144 Å². The van der Waals surface area contributed by atoms with Gasteiger partial charge in [-0.1, -0.05) is 60.7 Å². The summed E-state index contributed by atoms with van der Waals surface area (Å²) in [6.07, 6.45) is 0. The van der Waals surface area contributed by atoms with Crippen LogP contribution in [0, 0.1) is 0 Å². The minimum Gasteiger partial charge on any atom is -0.304 e. The van der Waals surface area contributed by atoms with E-state index in [1.165, 1.54) is 0 Å². The number of aliphatic imine (C=N–C) groups is 1. The lowest BCUT2D eigenvalue weighted by Gasteiger charge is -2.21. The van der Waals surface area contributed by atoms with E-state index < -0.39 is 7.60 Å². The normalized spacial score (nSPS) is 13.7. The van der Waals surface area contributed by atoms with Crippen LogP contribution in [-0.2, 0) is 13.6 Å². The van der Waals surface area contributed by atoms with Gasteiger partial charge in [0.2, 0.25) is 0 Å². The number of benzene rings is 2. The average Bonchev–Trinajstić information content (AvgIpc) is 2.61. The molecule has 0 aromatic heterocycles. The number of nitrogens with zero attached hydrogens (tertiary/aromatic N) is 1. The highest BCUT2D eigenvalue weighted by Crippen LogP contribution is 2.52. The fourth-order valence-corrected chi connectivity index (χ4v) is 4.16. The van der Waals surface area contributed by atoms with Crippen molar-refractivity contribution in [3.8, 4) is 0 Å². The number of rotatable bonds is 8. The first-order chi connectivity index (χ1) is 11.6. The topological polar surface area (TPSA) is 47.9 Å². The Balaban J connectivity index is 2.50. The zero-order valence-electron chi connectivity index (χ0n) is 14.4. The summed E-state index contributed by atoms with van der Waals surface area (Å²) in [6.45, 7) is 6.16. The lowest BCUT2D eigenvalue weighted by atomic mass is 10.1. The Morgan fingerprint density at radius 3 is 1.96 bits per heavy atom. The summed E-state index contributed by atoms with van der Waals surface area (Å²) in [5, 5.41) is 0. The van der Waals surface area contributed by atoms with E-state index in [1.807, 2.05) is 67.6 Å². The molecule has 2 aromatic rings. The van der Waals surface area contributed by atoms with Gasteiger partial charge in [-0.15, -0.1) is 0 Å². The molecule has 0 aliphatic carbocycles. The van der Waals surface area contributed by atoms with Gasteiger partial charge >= 0.3 is 7.60 Å². The van der Waals surface area contributed by atoms with E-state index >= 15 is 0 Å². The van der Waals surface area contributed by atoms with E-state index in [4.69, 9.17) is 14.0 Å². The molecule has 0 saturated heterocycles. The summed E-state index contributed by atoms with van der Waals surface area (Å²) in [4.78, 5) is 4.73. The monoisotopic (exact) mass is 345 g/mol. The zero-order chi connectivity index (χ0) is 17.4. The third-order valence-corrected chi connectivity index (χ3v) is 5.58. The van der Waals surface area contributed by atoms with Crippen molar-refractivity contribution in [1.29, 1.82) is 0 Å². The molecule has 0 heterocycles. The Morgan fingerprint density at radius 1 is 0.958 bits per heavy atom. The summed E-state index contributed by atoms with van der Waals surface area (Å²) in [5.74, 6) is 0. The molecule has 2 rings (SSSR count). The van der Waals surface area contributed by atoms with Crippen LogP contribution in [0.3, 0.4) is 0 Å². The van der Waals surface area contributed by atoms with Crippen LogP contribution in [-0.4, -0.2) is 18.7 Å². The summed E-state index contributed by atoms with van der Waals surface area (Å²) < 4.78 is 24.4. The van der Waals surface area contributed by atoms with Crippen LogP contribution in [0.5, 0.6) is 0 Å². The van der Waals surface area contributed by atoms with Crippen molar-refractivity contribution in [3.05, 3.63) is 71.8 Å². The molecular formula is C19H24NO3P. The minimum absolute atomic E-state index is 0.157. The van der Waals surface area contributed by atoms with Crippen molar-refractivity contribution in [3.63, 3.8) is 0 Å². The number of hydrogen-bond donors (Lipinski definition) is 0. The van der Waals surface area contributed by atoms with E-state index in [0.29, 0.717) is 18.7 Å². The molecule has 4 nitrogen and oxygen atoms in total. The smallest absolute Gasteiger partial charge is 0.304 e. The van der Waals surface area contributed by atoms with E-state index in [9.17, 15) is 4.57 Å². The lowest BCUT2D eigenvalue weighted by Crippen LogP contribution is -2.10. The van der Waals surface area contributed by atoms with Crippen LogP contribution in [0.2, 0.25) is 0 Å². The first kappa shape index (κ1) is 18.6. The highest BCUT2D eigenvalue weighted by Gasteiger charge is 2.33. The molecule has 5 heteroatoms. The van der Waals surface area contributed by atoms with Crippen molar-refractivity contribution in [2.24, 2.45) is 4.99 Å². The molecule has 2 aromatic carbocycles. The van der Waals surface area contributed by atoms with Crippen LogP contribution in [0.15, 0.2) is 65.7 Å². The SMILES string of the molecule is CCOP(=O)(OCC)C(=NC(C)c1ccccc1)c1ccccc1. The molecule has 0 saturated carbocycles. The molecule has 0 bridgehead atoms. The van der Waals surface area contributed by atoms with E-state index in [1.54, 1.807) is 13.8 Å². The van der Waals surface area contributed by atoms with Crippen molar-refractivity contribution < 1.29 is 13.6 Å². The van der Waals surface area contributed by atoms with Crippen LogP contribution in [0.1, 0.15) is 37.9 Å². The maximum Gasteiger partial charge on any atom is 0.379 e. The van der Waals surface area contributed by atoms with Gasteiger partial charge in [0.05, 0.1) is 19.3 Å². The minimum atomic E-state index is -3.48. The molecule has 0 radical (unpaired) electrons. The Bertz CT molecular complexity index is 691. The summed E-state index contributed by atoms with van der Waals surface area (Å²) in [5.41, 5.74) is 2.18. The van der Waals surface area contributed by atoms with Gasteiger partial charge in [-0.2, -0.15) is 0 Å². The van der Waals surface area contributed by atoms with Crippen LogP contribution in [0.4, 0.5) is 0 Å². The Morgan fingerprint density at radius 2 is 1.46 bits per heavy atom. The van der Waals surface area contributed by atoms with Gasteiger partial charge in [0.1, 0.15) is 0 Å². The lowest BCUT2D eigenvalue weighted by molar-refractivity contribution is 0.232. The van der Waals surface area contributed by atoms with Gasteiger partial charge in [0, 0.05) is 5.56 Å². The molecular weight excluding hydrogens is 321 g/mol. The van der Waals surface area contributed by atoms with Crippen LogP contribution in [0.25, 0.3) is 0 Å². The zero-order valence-corrected chi connectivity index (χ0v) is 15.3. The van der Waals surface area contributed by atoms with Crippen molar-refractivity contribution in [2.75, 3.05) is 13.2 Å². The van der Waals surface area contributed by atoms with E-state index in [0.717, 1.165) is 11.1 Å². The van der Waals surface area contributed by atoms with Crippen molar-refractivity contribution >= 4 is 13.0 Å². The van der Waals surface area contributed by atoms with Gasteiger partial charge in [-0.25, -0.2) is 0 Å². The molecule has 1 unspecified atom stereocenters. The molecule has 128 valence electrons. The Hall–Kier alpha value is -1.74. The van der Waals surface area contributed by atoms with Gasteiger partial charge in [0.15, 0.2) is 5.45 Å². The second kappa shape index (κ2) is 8.93. The highest BCUT2D eigenvalue weighted by atomic mass is 31.2. The second-order valence-corrected chi connectivity index (χ2v) is 7.17. The molecule has 0 spiro atoms. The quantitative estimate of drug-likeness (QED) is 0.471. The largest absolute Gasteiger partial charge is 0.379 e. The summed E-state index contributed by atoms with van der Waals surface area (Å²) in [6, 6.07) is 19.2. The second-order valence-electron chi connectivity index (χ2n) is 5.24. The molecule has 1 atom stereocenters. The van der Waals surface area contributed by atoms with Crippen molar-refractivity contribution in [1.82, 2.24) is 0 Å².